The fourth-order valence-corrected chi connectivity index (χ4v) is 3.96. The lowest BCUT2D eigenvalue weighted by Gasteiger charge is -2.08. The molecular weight excluding hydrogens is 360 g/mol. The van der Waals surface area contributed by atoms with Crippen molar-refractivity contribution >= 4 is 45.9 Å². The minimum atomic E-state index is -0.482. The highest BCUT2D eigenvalue weighted by atomic mass is 32.2. The SMILES string of the molecule is CC(C)CSc1nsc2nc(=O)c(/C=C3\C=CC(=O)C(O)=C3)c(N)n12. The van der Waals surface area contributed by atoms with E-state index in [9.17, 15) is 14.7 Å². The fourth-order valence-electron chi connectivity index (χ4n) is 2.16. The number of aliphatic hydroxyl groups excluding tert-OH is 1. The average molecular weight is 376 g/mol. The molecule has 1 aliphatic rings. The van der Waals surface area contributed by atoms with Crippen molar-refractivity contribution < 1.29 is 9.90 Å². The third-order valence-corrected chi connectivity index (χ3v) is 5.55. The molecule has 25 heavy (non-hydrogen) atoms. The van der Waals surface area contributed by atoms with Gasteiger partial charge >= 0.3 is 0 Å². The van der Waals surface area contributed by atoms with Crippen molar-refractivity contribution in [2.24, 2.45) is 5.92 Å². The number of nitrogens with zero attached hydrogens (tertiary/aromatic N) is 3. The quantitative estimate of drug-likeness (QED) is 0.789. The van der Waals surface area contributed by atoms with Gasteiger partial charge in [-0.1, -0.05) is 31.7 Å². The number of nitrogens with two attached hydrogens (primary N) is 1. The minimum absolute atomic E-state index is 0.196. The van der Waals surface area contributed by atoms with E-state index < -0.39 is 11.3 Å². The lowest BCUT2D eigenvalue weighted by atomic mass is 10.1. The number of allylic oxidation sites excluding steroid dienone is 4. The average Bonchev–Trinajstić information content (AvgIpc) is 2.95. The Morgan fingerprint density at radius 1 is 1.40 bits per heavy atom. The molecule has 7 nitrogen and oxygen atoms in total. The summed E-state index contributed by atoms with van der Waals surface area (Å²) in [6.07, 6.45) is 5.54. The number of thioether (sulfide) groups is 1. The Morgan fingerprint density at radius 2 is 2.16 bits per heavy atom. The normalized spacial score (nSPS) is 16.2. The molecule has 0 aromatic carbocycles. The van der Waals surface area contributed by atoms with Gasteiger partial charge in [0.25, 0.3) is 5.56 Å². The summed E-state index contributed by atoms with van der Waals surface area (Å²) in [7, 11) is 0. The van der Waals surface area contributed by atoms with Gasteiger partial charge in [0.05, 0.1) is 5.56 Å². The fraction of sp³-hybridized carbons (Fsp3) is 0.250. The Bertz CT molecular complexity index is 999. The molecule has 0 bridgehead atoms. The molecule has 9 heteroatoms. The molecular formula is C16H16N4O3S2. The molecule has 1 aliphatic carbocycles. The van der Waals surface area contributed by atoms with Crippen LogP contribution in [0.2, 0.25) is 0 Å². The second kappa shape index (κ2) is 6.85. The zero-order valence-corrected chi connectivity index (χ0v) is 15.2. The van der Waals surface area contributed by atoms with E-state index in [-0.39, 0.29) is 17.1 Å². The van der Waals surface area contributed by atoms with Gasteiger partial charge in [0.1, 0.15) is 5.82 Å². The van der Waals surface area contributed by atoms with E-state index in [0.717, 1.165) is 17.3 Å². The third-order valence-electron chi connectivity index (χ3n) is 3.37. The Balaban J connectivity index is 2.10. The molecule has 0 aliphatic heterocycles. The Labute approximate surface area is 151 Å². The number of rotatable bonds is 4. The molecule has 2 aromatic rings. The van der Waals surface area contributed by atoms with E-state index in [0.29, 0.717) is 21.6 Å². The van der Waals surface area contributed by atoms with Crippen LogP contribution in [0.25, 0.3) is 11.0 Å². The van der Waals surface area contributed by atoms with Gasteiger partial charge < -0.3 is 10.8 Å². The van der Waals surface area contributed by atoms with E-state index in [1.807, 2.05) is 0 Å². The number of carbonyl (C=O) groups excluding carboxylic acids is 1. The Morgan fingerprint density at radius 3 is 2.84 bits per heavy atom. The number of aliphatic hydroxyl groups is 1. The summed E-state index contributed by atoms with van der Waals surface area (Å²) in [5.74, 6) is 0.717. The summed E-state index contributed by atoms with van der Waals surface area (Å²) < 4.78 is 5.99. The van der Waals surface area contributed by atoms with Crippen LogP contribution in [-0.2, 0) is 4.79 Å². The maximum Gasteiger partial charge on any atom is 0.283 e. The first-order valence-electron chi connectivity index (χ1n) is 7.52. The van der Waals surface area contributed by atoms with Crippen molar-refractivity contribution in [1.29, 1.82) is 0 Å². The van der Waals surface area contributed by atoms with E-state index in [2.05, 4.69) is 23.2 Å². The number of ketones is 1. The van der Waals surface area contributed by atoms with Crippen LogP contribution < -0.4 is 11.3 Å². The second-order valence-corrected chi connectivity index (χ2v) is 7.59. The van der Waals surface area contributed by atoms with Crippen LogP contribution in [-0.4, -0.2) is 30.4 Å². The maximum absolute atomic E-state index is 12.3. The number of fused-ring (bicyclic) bond motifs is 1. The van der Waals surface area contributed by atoms with E-state index >= 15 is 0 Å². The first-order chi connectivity index (χ1) is 11.9. The van der Waals surface area contributed by atoms with Crippen LogP contribution in [0.3, 0.4) is 0 Å². The van der Waals surface area contributed by atoms with Crippen molar-refractivity contribution in [3.05, 3.63) is 45.5 Å². The summed E-state index contributed by atoms with van der Waals surface area (Å²) in [5.41, 5.74) is 6.41. The van der Waals surface area contributed by atoms with Gasteiger partial charge in [-0.3, -0.25) is 9.59 Å². The summed E-state index contributed by atoms with van der Waals surface area (Å²) >= 11 is 2.67. The molecule has 130 valence electrons. The van der Waals surface area contributed by atoms with E-state index in [1.54, 1.807) is 16.2 Å². The minimum Gasteiger partial charge on any atom is -0.504 e. The van der Waals surface area contributed by atoms with Gasteiger partial charge in [0.2, 0.25) is 10.7 Å². The van der Waals surface area contributed by atoms with Crippen LogP contribution in [0.4, 0.5) is 5.82 Å². The molecule has 0 saturated heterocycles. The summed E-state index contributed by atoms with van der Waals surface area (Å²) in [6.45, 7) is 4.21. The second-order valence-electron chi connectivity index (χ2n) is 5.88. The summed E-state index contributed by atoms with van der Waals surface area (Å²) in [4.78, 5) is 28.1. The summed E-state index contributed by atoms with van der Waals surface area (Å²) in [6, 6.07) is 0. The zero-order valence-electron chi connectivity index (χ0n) is 13.6. The van der Waals surface area contributed by atoms with Crippen molar-refractivity contribution in [3.8, 4) is 0 Å². The lowest BCUT2D eigenvalue weighted by molar-refractivity contribution is -0.113. The van der Waals surface area contributed by atoms with Crippen molar-refractivity contribution in [1.82, 2.24) is 13.8 Å². The molecule has 3 N–H and O–H groups in total. The molecule has 0 unspecified atom stereocenters. The molecule has 0 saturated carbocycles. The number of aromatic nitrogens is 3. The first kappa shape index (κ1) is 17.4. The van der Waals surface area contributed by atoms with Gasteiger partial charge in [-0.05, 0) is 29.7 Å². The number of anilines is 1. The zero-order chi connectivity index (χ0) is 18.1. The highest BCUT2D eigenvalue weighted by Gasteiger charge is 2.17. The predicted molar refractivity (Wildman–Crippen MR) is 99.9 cm³/mol. The highest BCUT2D eigenvalue weighted by molar-refractivity contribution is 7.99. The largest absolute Gasteiger partial charge is 0.504 e. The third kappa shape index (κ3) is 3.52. The molecule has 0 atom stereocenters. The molecule has 0 radical (unpaired) electrons. The van der Waals surface area contributed by atoms with Gasteiger partial charge in [0.15, 0.2) is 10.9 Å². The number of hydrogen-bond acceptors (Lipinski definition) is 8. The maximum atomic E-state index is 12.3. The number of hydrogen-bond donors (Lipinski definition) is 2. The Kier molecular flexibility index (Phi) is 4.78. The predicted octanol–water partition coefficient (Wildman–Crippen LogP) is 2.45. The van der Waals surface area contributed by atoms with E-state index in [1.165, 1.54) is 24.3 Å². The van der Waals surface area contributed by atoms with Crippen molar-refractivity contribution in [3.63, 3.8) is 0 Å². The van der Waals surface area contributed by atoms with Crippen LogP contribution in [0.5, 0.6) is 0 Å². The van der Waals surface area contributed by atoms with Gasteiger partial charge in [0, 0.05) is 17.3 Å². The molecule has 2 aromatic heterocycles. The van der Waals surface area contributed by atoms with Crippen LogP contribution in [0.1, 0.15) is 19.4 Å². The molecule has 3 rings (SSSR count). The van der Waals surface area contributed by atoms with Gasteiger partial charge in [-0.15, -0.1) is 0 Å². The lowest BCUT2D eigenvalue weighted by Crippen LogP contribution is -2.16. The first-order valence-corrected chi connectivity index (χ1v) is 9.28. The molecule has 0 spiro atoms. The number of nitrogen functional groups attached to an aromatic ring is 1. The Hall–Kier alpha value is -2.39. The summed E-state index contributed by atoms with van der Waals surface area (Å²) in [5, 5.41) is 10.2. The van der Waals surface area contributed by atoms with Crippen LogP contribution >= 0.6 is 23.3 Å². The van der Waals surface area contributed by atoms with E-state index in [4.69, 9.17) is 5.73 Å². The van der Waals surface area contributed by atoms with Crippen LogP contribution in [0, 0.1) is 5.92 Å². The molecule has 0 fully saturated rings. The van der Waals surface area contributed by atoms with Gasteiger partial charge in [-0.2, -0.15) is 9.36 Å². The standard InChI is InChI=1S/C16H16N4O3S2/c1-8(2)7-24-16-19-25-15-18-14(23)10(13(17)20(15)16)5-9-3-4-11(21)12(22)6-9/h3-6,8,22H,7,17H2,1-2H3/b9-5+. The highest BCUT2D eigenvalue weighted by Crippen LogP contribution is 2.26. The topological polar surface area (TPSA) is 111 Å². The monoisotopic (exact) mass is 376 g/mol. The van der Waals surface area contributed by atoms with Crippen LogP contribution in [0.15, 0.2) is 39.5 Å². The van der Waals surface area contributed by atoms with Crippen molar-refractivity contribution in [2.45, 2.75) is 19.0 Å². The van der Waals surface area contributed by atoms with Gasteiger partial charge in [-0.25, -0.2) is 4.40 Å². The van der Waals surface area contributed by atoms with Crippen molar-refractivity contribution in [2.75, 3.05) is 11.5 Å². The number of carbonyl (C=O) groups is 1. The molecule has 2 heterocycles. The molecule has 0 amide bonds. The smallest absolute Gasteiger partial charge is 0.283 e.